The molecule has 1 rings (SSSR count). The number of carboxylic acids is 1. The molecule has 0 amide bonds. The zero-order valence-electron chi connectivity index (χ0n) is 5.07. The molecule has 0 aliphatic heterocycles. The summed E-state index contributed by atoms with van der Waals surface area (Å²) in [6.45, 7) is 0. The van der Waals surface area contributed by atoms with Crippen molar-refractivity contribution in [2.75, 3.05) is 5.73 Å². The van der Waals surface area contributed by atoms with Gasteiger partial charge in [-0.25, -0.2) is 4.98 Å². The molecule has 1 aromatic heterocycles. The van der Waals surface area contributed by atoms with Gasteiger partial charge < -0.3 is 10.8 Å². The number of nitrogens with zero attached hydrogens (tertiary/aromatic N) is 1. The van der Waals surface area contributed by atoms with Crippen molar-refractivity contribution in [1.82, 2.24) is 4.98 Å². The quantitative estimate of drug-likeness (QED) is 0.614. The number of rotatable bonds is 2. The predicted molar refractivity (Wildman–Crippen MR) is 37.9 cm³/mol. The summed E-state index contributed by atoms with van der Waals surface area (Å²) in [4.78, 5) is 13.9. The minimum absolute atomic E-state index is 0.0479. The lowest BCUT2D eigenvalue weighted by atomic mass is 10.4. The smallest absolute Gasteiger partial charge is 0.309 e. The molecule has 10 heavy (non-hydrogen) atoms. The molecule has 0 aliphatic rings. The molecule has 0 aromatic carbocycles. The van der Waals surface area contributed by atoms with Crippen LogP contribution in [0.3, 0.4) is 0 Å². The Bertz CT molecular complexity index is 246. The largest absolute Gasteiger partial charge is 0.481 e. The van der Waals surface area contributed by atoms with E-state index in [1.54, 1.807) is 5.38 Å². The Labute approximate surface area is 61.3 Å². The van der Waals surface area contributed by atoms with E-state index < -0.39 is 5.97 Å². The number of thiazole rings is 1. The maximum absolute atomic E-state index is 10.1. The van der Waals surface area contributed by atoms with Crippen molar-refractivity contribution in [3.8, 4) is 0 Å². The van der Waals surface area contributed by atoms with Crippen LogP contribution < -0.4 is 5.73 Å². The first-order valence-corrected chi connectivity index (χ1v) is 3.48. The lowest BCUT2D eigenvalue weighted by Gasteiger charge is -1.85. The molecule has 5 heteroatoms. The summed E-state index contributed by atoms with van der Waals surface area (Å²) in [5.41, 5.74) is 5.79. The molecule has 0 spiro atoms. The second-order valence-electron chi connectivity index (χ2n) is 1.75. The number of hydrogen-bond acceptors (Lipinski definition) is 4. The predicted octanol–water partition coefficient (Wildman–Crippen LogP) is 0.352. The van der Waals surface area contributed by atoms with Crippen molar-refractivity contribution < 1.29 is 9.90 Å². The topological polar surface area (TPSA) is 76.2 Å². The summed E-state index contributed by atoms with van der Waals surface area (Å²) in [5.74, 6) is -0.884. The molecular formula is C5H6N2O2S. The Morgan fingerprint density at radius 3 is 3.00 bits per heavy atom. The van der Waals surface area contributed by atoms with Crippen molar-refractivity contribution in [1.29, 1.82) is 0 Å². The van der Waals surface area contributed by atoms with E-state index in [-0.39, 0.29) is 6.42 Å². The summed E-state index contributed by atoms with van der Waals surface area (Å²) in [6, 6.07) is 0. The maximum atomic E-state index is 10.1. The number of carboxylic acid groups (broad SMARTS) is 1. The van der Waals surface area contributed by atoms with Crippen molar-refractivity contribution >= 4 is 22.4 Å². The third-order valence-corrected chi connectivity index (χ3v) is 1.62. The van der Waals surface area contributed by atoms with Gasteiger partial charge in [0.15, 0.2) is 5.13 Å². The summed E-state index contributed by atoms with van der Waals surface area (Å²) < 4.78 is 0. The zero-order valence-corrected chi connectivity index (χ0v) is 5.89. The van der Waals surface area contributed by atoms with Crippen LogP contribution in [0.2, 0.25) is 0 Å². The highest BCUT2D eigenvalue weighted by Gasteiger charge is 2.02. The molecule has 0 saturated carbocycles. The zero-order chi connectivity index (χ0) is 7.56. The van der Waals surface area contributed by atoms with Crippen molar-refractivity contribution in [2.45, 2.75) is 6.42 Å². The number of hydrogen-bond donors (Lipinski definition) is 2. The maximum Gasteiger partial charge on any atom is 0.309 e. The molecule has 0 atom stereocenters. The van der Waals surface area contributed by atoms with Crippen LogP contribution >= 0.6 is 11.3 Å². The van der Waals surface area contributed by atoms with Crippen molar-refractivity contribution in [2.24, 2.45) is 0 Å². The van der Waals surface area contributed by atoms with Crippen LogP contribution in [-0.4, -0.2) is 16.1 Å². The van der Waals surface area contributed by atoms with Crippen LogP contribution in [0, 0.1) is 0 Å². The molecule has 0 bridgehead atoms. The van der Waals surface area contributed by atoms with Gasteiger partial charge in [-0.15, -0.1) is 11.3 Å². The van der Waals surface area contributed by atoms with E-state index in [4.69, 9.17) is 10.8 Å². The molecule has 1 aromatic rings. The van der Waals surface area contributed by atoms with Gasteiger partial charge in [-0.2, -0.15) is 0 Å². The van der Waals surface area contributed by atoms with Gasteiger partial charge in [0, 0.05) is 5.38 Å². The normalized spacial score (nSPS) is 9.60. The average molecular weight is 161 g/mol. The lowest BCUT2D eigenvalue weighted by molar-refractivity contribution is -0.136. The molecule has 3 N–H and O–H groups in total. The van der Waals surface area contributed by atoms with Crippen LogP contribution in [0.15, 0.2) is 5.38 Å². The van der Waals surface area contributed by atoms with E-state index in [0.717, 1.165) is 0 Å². The van der Waals surface area contributed by atoms with Gasteiger partial charge in [-0.05, 0) is 0 Å². The minimum atomic E-state index is -0.884. The Morgan fingerprint density at radius 2 is 2.60 bits per heavy atom. The Morgan fingerprint density at radius 1 is 1.90 bits per heavy atom. The third-order valence-electron chi connectivity index (χ3n) is 0.902. The van der Waals surface area contributed by atoms with Gasteiger partial charge in [0.2, 0.25) is 0 Å². The van der Waals surface area contributed by atoms with E-state index in [0.29, 0.717) is 10.8 Å². The summed E-state index contributed by atoms with van der Waals surface area (Å²) in [7, 11) is 0. The highest BCUT2D eigenvalue weighted by atomic mass is 32.1. The number of aromatic nitrogens is 1. The standard InChI is InChI=1S/C5H6N2O2S/c6-5-7-3(2-10-5)1-4(8)9/h2H,1H2,(H2,6,7)(H,8,9)/i5+1,6+1,7+1. The fourth-order valence-electron chi connectivity index (χ4n) is 0.559. The molecule has 54 valence electrons. The van der Waals surface area contributed by atoms with Gasteiger partial charge in [-0.1, -0.05) is 0 Å². The molecule has 0 saturated heterocycles. The van der Waals surface area contributed by atoms with Gasteiger partial charge in [0.1, 0.15) is 0 Å². The minimum Gasteiger partial charge on any atom is -0.481 e. The Hall–Kier alpha value is -1.10. The van der Waals surface area contributed by atoms with Gasteiger partial charge in [0.25, 0.3) is 0 Å². The SMILES string of the molecule is [15NH2][13c]1[15n]c(CC(=O)O)cs1. The number of anilines is 1. The Kier molecular flexibility index (Phi) is 1.86. The first-order valence-electron chi connectivity index (χ1n) is 2.60. The summed E-state index contributed by atoms with van der Waals surface area (Å²) in [6.07, 6.45) is -0.0479. The molecule has 0 fully saturated rings. The molecule has 0 unspecified atom stereocenters. The Balaban J connectivity index is 2.67. The first kappa shape index (κ1) is 7.01. The number of carbonyl (C=O) groups is 1. The molecule has 0 aliphatic carbocycles. The van der Waals surface area contributed by atoms with Crippen LogP contribution in [0.1, 0.15) is 5.69 Å². The van der Waals surface area contributed by atoms with Crippen LogP contribution in [0.4, 0.5) is 5.13 Å². The average Bonchev–Trinajstić information content (AvgIpc) is 2.13. The molecule has 4 nitrogen and oxygen atoms in total. The van der Waals surface area contributed by atoms with E-state index in [9.17, 15) is 4.79 Å². The second-order valence-corrected chi connectivity index (χ2v) is 2.64. The second kappa shape index (κ2) is 2.66. The van der Waals surface area contributed by atoms with Gasteiger partial charge in [-0.3, -0.25) is 4.79 Å². The van der Waals surface area contributed by atoms with Crippen LogP contribution in [-0.2, 0) is 11.2 Å². The number of nitrogen functional groups attached to an aromatic ring is 1. The van der Waals surface area contributed by atoms with Crippen LogP contribution in [0.25, 0.3) is 0 Å². The van der Waals surface area contributed by atoms with Crippen molar-refractivity contribution in [3.63, 3.8) is 0 Å². The first-order chi connectivity index (χ1) is 4.68. The molecule has 1 heterocycles. The third kappa shape index (κ3) is 1.70. The van der Waals surface area contributed by atoms with E-state index in [1.165, 1.54) is 11.3 Å². The summed E-state index contributed by atoms with van der Waals surface area (Å²) >= 11 is 1.25. The fourth-order valence-corrected chi connectivity index (χ4v) is 1.12. The van der Waals surface area contributed by atoms with Gasteiger partial charge in [0.05, 0.1) is 12.1 Å². The van der Waals surface area contributed by atoms with Crippen molar-refractivity contribution in [3.05, 3.63) is 11.1 Å². The lowest BCUT2D eigenvalue weighted by Crippen LogP contribution is -2.00. The molecule has 0 radical (unpaired) electrons. The van der Waals surface area contributed by atoms with Crippen LogP contribution in [0.5, 0.6) is 0 Å². The van der Waals surface area contributed by atoms with E-state index in [1.807, 2.05) is 0 Å². The monoisotopic (exact) mass is 161 g/mol. The highest BCUT2D eigenvalue weighted by Crippen LogP contribution is 2.10. The highest BCUT2D eigenvalue weighted by molar-refractivity contribution is 7.13. The van der Waals surface area contributed by atoms with E-state index >= 15 is 0 Å². The summed E-state index contributed by atoms with van der Waals surface area (Å²) in [5, 5.41) is 10.4. The molecular weight excluding hydrogens is 155 g/mol. The van der Waals surface area contributed by atoms with E-state index in [2.05, 4.69) is 4.98 Å². The fraction of sp³-hybridized carbons (Fsp3) is 0.200. The number of nitrogens with two attached hydrogens (primary N) is 1. The van der Waals surface area contributed by atoms with Gasteiger partial charge >= 0.3 is 5.97 Å². The number of aliphatic carboxylic acids is 1.